The molecule has 1 saturated carbocycles. The molecule has 59 heavy (non-hydrogen) atoms. The largest absolute Gasteiger partial charge is 0.457 e. The first-order chi connectivity index (χ1) is 28.7. The smallest absolute Gasteiger partial charge is 0.243 e. The highest BCUT2D eigenvalue weighted by molar-refractivity contribution is 6.27. The van der Waals surface area contributed by atoms with Gasteiger partial charge in [-0.3, -0.25) is 34.3 Å². The minimum Gasteiger partial charge on any atom is -0.457 e. The minimum atomic E-state index is -1.12. The van der Waals surface area contributed by atoms with Crippen LogP contribution in [0.1, 0.15) is 61.7 Å². The second-order valence-corrected chi connectivity index (χ2v) is 16.5. The number of nitrogens with zero attached hydrogens (tertiary/aromatic N) is 7. The summed E-state index contributed by atoms with van der Waals surface area (Å²) in [4.78, 5) is 64.8. The molecule has 2 amide bonds. The second kappa shape index (κ2) is 15.0. The van der Waals surface area contributed by atoms with Crippen molar-refractivity contribution < 1.29 is 28.3 Å². The summed E-state index contributed by atoms with van der Waals surface area (Å²) in [5.41, 5.74) is 11.0. The van der Waals surface area contributed by atoms with Gasteiger partial charge in [0.2, 0.25) is 17.6 Å². The lowest BCUT2D eigenvalue weighted by atomic mass is 9.80. The van der Waals surface area contributed by atoms with Gasteiger partial charge >= 0.3 is 0 Å². The van der Waals surface area contributed by atoms with Gasteiger partial charge in [-0.25, -0.2) is 19.0 Å². The van der Waals surface area contributed by atoms with Crippen LogP contribution in [0, 0.1) is 5.92 Å². The molecule has 302 valence electrons. The zero-order valence-corrected chi connectivity index (χ0v) is 32.3. The molecule has 4 saturated heterocycles. The molecule has 3 N–H and O–H groups in total. The average Bonchev–Trinajstić information content (AvgIpc) is 3.83. The third kappa shape index (κ3) is 6.71. The number of alkyl halides is 1. The number of carbonyl (C=O) groups excluding carboxylic acids is 4. The number of ether oxygens (including phenoxy) is 1. The number of amides is 2. The summed E-state index contributed by atoms with van der Waals surface area (Å²) in [5.74, 6) is 0.553. The highest BCUT2D eigenvalue weighted by Gasteiger charge is 2.48. The number of carbonyl (C=O) groups is 4. The SMILES string of the molecule is Nc1ncnc2c1c(-c1ccc(Oc3ccccc3)cc1)nn2C1CCC(CN2C3CC2CN(c2ccc4c(c2)C(C(=O)C=O)N(C2CCC(=O)NC2=O)C4)C3)CC1F. The zero-order valence-electron chi connectivity index (χ0n) is 32.3. The van der Waals surface area contributed by atoms with Gasteiger partial charge in [0.1, 0.15) is 41.6 Å². The summed E-state index contributed by atoms with van der Waals surface area (Å²) in [6, 6.07) is 21.8. The molecule has 14 nitrogen and oxygen atoms in total. The molecule has 5 aliphatic heterocycles. The molecule has 7 heterocycles. The molecule has 11 rings (SSSR count). The van der Waals surface area contributed by atoms with Crippen LogP contribution in [0.3, 0.4) is 0 Å². The summed E-state index contributed by atoms with van der Waals surface area (Å²) >= 11 is 0. The maximum absolute atomic E-state index is 16.4. The van der Waals surface area contributed by atoms with Crippen LogP contribution in [-0.4, -0.2) is 97.4 Å². The quantitative estimate of drug-likeness (QED) is 0.111. The van der Waals surface area contributed by atoms with Crippen LogP contribution < -0.4 is 20.7 Å². The molecule has 5 aromatic rings. The van der Waals surface area contributed by atoms with Crippen molar-refractivity contribution in [3.05, 3.63) is 90.3 Å². The maximum atomic E-state index is 16.4. The van der Waals surface area contributed by atoms with Crippen LogP contribution in [0.2, 0.25) is 0 Å². The van der Waals surface area contributed by atoms with E-state index in [1.807, 2.05) is 66.7 Å². The first kappa shape index (κ1) is 37.2. The van der Waals surface area contributed by atoms with Gasteiger partial charge in [-0.1, -0.05) is 24.3 Å². The number of hydrogen-bond acceptors (Lipinski definition) is 12. The number of para-hydroxylation sites is 1. The van der Waals surface area contributed by atoms with Crippen molar-refractivity contribution in [2.24, 2.45) is 5.92 Å². The summed E-state index contributed by atoms with van der Waals surface area (Å²) in [5, 5.41) is 7.94. The summed E-state index contributed by atoms with van der Waals surface area (Å²) in [6.45, 7) is 2.78. The number of benzene rings is 3. The molecule has 2 bridgehead atoms. The molecular formula is C44H44FN9O5. The number of imide groups is 1. The number of ketones is 1. The Kier molecular flexibility index (Phi) is 9.43. The number of halogens is 1. The molecule has 15 heteroatoms. The van der Waals surface area contributed by atoms with Gasteiger partial charge in [0.15, 0.2) is 11.9 Å². The van der Waals surface area contributed by atoms with E-state index in [9.17, 15) is 19.2 Å². The second-order valence-electron chi connectivity index (χ2n) is 16.5. The van der Waals surface area contributed by atoms with Gasteiger partial charge in [-0.2, -0.15) is 5.10 Å². The summed E-state index contributed by atoms with van der Waals surface area (Å²) < 4.78 is 24.1. The Balaban J connectivity index is 0.797. The van der Waals surface area contributed by atoms with Crippen molar-refractivity contribution in [3.63, 3.8) is 0 Å². The number of nitrogens with one attached hydrogen (secondary N) is 1. The predicted molar refractivity (Wildman–Crippen MR) is 216 cm³/mol. The highest BCUT2D eigenvalue weighted by atomic mass is 19.1. The van der Waals surface area contributed by atoms with Crippen molar-refractivity contribution in [2.75, 3.05) is 30.3 Å². The number of nitrogen functional groups attached to an aromatic ring is 1. The molecule has 2 aromatic heterocycles. The Morgan fingerprint density at radius 1 is 0.949 bits per heavy atom. The van der Waals surface area contributed by atoms with Crippen molar-refractivity contribution in [3.8, 4) is 22.8 Å². The van der Waals surface area contributed by atoms with E-state index in [4.69, 9.17) is 15.6 Å². The Morgan fingerprint density at radius 2 is 1.73 bits per heavy atom. The standard InChI is InChI=1S/C44H44FN9O5/c45-34-16-25(6-13-35(34)54-43-39(42(46)47-24-48-43)40(50-54)26-8-11-32(12-9-26)59-31-4-2-1-3-5-31)19-52-29-17-30(52)22-51(21-29)28-10-7-27-20-53(36-14-15-38(57)49-44(36)58)41(33(27)18-28)37(56)23-55/h1-5,7-12,18,23-25,29-30,34-36,41H,6,13-17,19-22H2,(H2,46,47,48)(H,49,57,58). The van der Waals surface area contributed by atoms with E-state index in [2.05, 4.69) is 31.2 Å². The van der Waals surface area contributed by atoms with E-state index in [-0.39, 0.29) is 18.2 Å². The first-order valence-electron chi connectivity index (χ1n) is 20.4. The third-order valence-corrected chi connectivity index (χ3v) is 13.1. The maximum Gasteiger partial charge on any atom is 0.243 e. The topological polar surface area (TPSA) is 169 Å². The Labute approximate surface area is 339 Å². The number of piperidine rings is 2. The molecule has 7 atom stereocenters. The van der Waals surface area contributed by atoms with E-state index >= 15 is 4.39 Å². The first-order valence-corrected chi connectivity index (χ1v) is 20.4. The molecule has 0 spiro atoms. The number of piperazine rings is 1. The number of anilines is 2. The normalized spacial score (nSPS) is 26.9. The van der Waals surface area contributed by atoms with Gasteiger partial charge in [0.25, 0.3) is 0 Å². The monoisotopic (exact) mass is 797 g/mol. The number of rotatable bonds is 10. The lowest BCUT2D eigenvalue weighted by molar-refractivity contribution is -0.141. The Morgan fingerprint density at radius 3 is 2.47 bits per heavy atom. The summed E-state index contributed by atoms with van der Waals surface area (Å²) in [7, 11) is 0. The Bertz CT molecular complexity index is 2450. The lowest BCUT2D eigenvalue weighted by Crippen LogP contribution is -2.69. The van der Waals surface area contributed by atoms with Crippen LogP contribution in [0.15, 0.2) is 79.1 Å². The minimum absolute atomic E-state index is 0.187. The van der Waals surface area contributed by atoms with Crippen molar-refractivity contribution >= 4 is 46.4 Å². The van der Waals surface area contributed by atoms with Gasteiger partial charge in [0, 0.05) is 55.9 Å². The molecule has 6 aliphatic rings. The van der Waals surface area contributed by atoms with Crippen molar-refractivity contribution in [1.82, 2.24) is 34.9 Å². The number of nitrogens with two attached hydrogens (primary N) is 1. The van der Waals surface area contributed by atoms with Crippen LogP contribution in [0.5, 0.6) is 11.5 Å². The number of aldehydes is 1. The predicted octanol–water partition coefficient (Wildman–Crippen LogP) is 4.94. The van der Waals surface area contributed by atoms with E-state index < -0.39 is 36.0 Å². The van der Waals surface area contributed by atoms with Crippen molar-refractivity contribution in [1.29, 1.82) is 0 Å². The van der Waals surface area contributed by atoms with Crippen LogP contribution in [0.4, 0.5) is 15.9 Å². The average molecular weight is 798 g/mol. The molecule has 0 radical (unpaired) electrons. The number of fused-ring (bicyclic) bond motifs is 4. The molecule has 3 aromatic carbocycles. The molecule has 7 unspecified atom stereocenters. The van der Waals surface area contributed by atoms with E-state index in [1.54, 1.807) is 9.58 Å². The number of aromatic nitrogens is 4. The molecule has 1 aliphatic carbocycles. The van der Waals surface area contributed by atoms with E-state index in [0.717, 1.165) is 60.6 Å². The fraction of sp³-hybridized carbons (Fsp3) is 0.386. The van der Waals surface area contributed by atoms with Crippen molar-refractivity contribution in [2.45, 2.75) is 81.5 Å². The number of Topliss-reactive ketones (excluding diaryl/α,β-unsaturated/α-hetero) is 1. The van der Waals surface area contributed by atoms with Crippen LogP contribution in [-0.2, 0) is 25.7 Å². The number of hydrogen-bond donors (Lipinski definition) is 2. The highest BCUT2D eigenvalue weighted by Crippen LogP contribution is 2.44. The molecular weight excluding hydrogens is 754 g/mol. The van der Waals surface area contributed by atoms with E-state index in [1.165, 1.54) is 6.33 Å². The van der Waals surface area contributed by atoms with Gasteiger partial charge < -0.3 is 15.4 Å². The van der Waals surface area contributed by atoms with Gasteiger partial charge in [-0.05, 0) is 97.7 Å². The zero-order chi connectivity index (χ0) is 40.4. The summed E-state index contributed by atoms with van der Waals surface area (Å²) in [6.07, 6.45) is 4.09. The van der Waals surface area contributed by atoms with Crippen LogP contribution >= 0.6 is 0 Å². The fourth-order valence-electron chi connectivity index (χ4n) is 10.2. The van der Waals surface area contributed by atoms with E-state index in [0.29, 0.717) is 72.5 Å². The Hall–Kier alpha value is -6.06. The third-order valence-electron chi connectivity index (χ3n) is 13.1. The van der Waals surface area contributed by atoms with Gasteiger partial charge in [0.05, 0.1) is 17.5 Å². The lowest BCUT2D eigenvalue weighted by Gasteiger charge is -2.58. The molecule has 5 fully saturated rings. The van der Waals surface area contributed by atoms with Crippen LogP contribution in [0.25, 0.3) is 22.3 Å². The van der Waals surface area contributed by atoms with Gasteiger partial charge in [-0.15, -0.1) is 0 Å². The fourth-order valence-corrected chi connectivity index (χ4v) is 10.2.